The Hall–Kier alpha value is -2.75. The summed E-state index contributed by atoms with van der Waals surface area (Å²) in [5, 5.41) is 2.92. The largest absolute Gasteiger partial charge is 0.329 e. The summed E-state index contributed by atoms with van der Waals surface area (Å²) in [6, 6.07) is 14.3. The number of halogens is 1. The van der Waals surface area contributed by atoms with Gasteiger partial charge in [0.15, 0.2) is 5.78 Å². The molecule has 4 rings (SSSR count). The number of ketones is 1. The van der Waals surface area contributed by atoms with Crippen LogP contribution in [0.1, 0.15) is 47.8 Å². The number of amides is 1. The number of rotatable bonds is 2. The monoisotopic (exact) mass is 349 g/mol. The molecule has 2 aromatic carbocycles. The van der Waals surface area contributed by atoms with Crippen molar-refractivity contribution in [2.45, 2.75) is 38.0 Å². The van der Waals surface area contributed by atoms with Gasteiger partial charge < -0.3 is 5.32 Å². The highest BCUT2D eigenvalue weighted by atomic mass is 19.1. The summed E-state index contributed by atoms with van der Waals surface area (Å²) in [5.74, 6) is -0.477. The molecular weight excluding hydrogens is 329 g/mol. The molecule has 0 aromatic heterocycles. The third-order valence-corrected chi connectivity index (χ3v) is 5.32. The van der Waals surface area contributed by atoms with Gasteiger partial charge in [-0.1, -0.05) is 42.0 Å². The van der Waals surface area contributed by atoms with Crippen LogP contribution < -0.4 is 5.32 Å². The first-order valence-corrected chi connectivity index (χ1v) is 8.89. The molecule has 1 aliphatic carbocycles. The van der Waals surface area contributed by atoms with Crippen molar-refractivity contribution >= 4 is 11.7 Å². The van der Waals surface area contributed by atoms with Gasteiger partial charge in [0.2, 0.25) is 5.91 Å². The minimum atomic E-state index is -0.290. The molecule has 2 atom stereocenters. The van der Waals surface area contributed by atoms with Crippen molar-refractivity contribution in [1.29, 1.82) is 0 Å². The van der Waals surface area contributed by atoms with Gasteiger partial charge in [0.25, 0.3) is 0 Å². The van der Waals surface area contributed by atoms with Gasteiger partial charge in [0.05, 0.1) is 0 Å². The lowest BCUT2D eigenvalue weighted by Gasteiger charge is -2.34. The van der Waals surface area contributed by atoms with E-state index >= 15 is 0 Å². The van der Waals surface area contributed by atoms with Gasteiger partial charge in [-0.3, -0.25) is 9.59 Å². The van der Waals surface area contributed by atoms with E-state index in [1.807, 2.05) is 31.2 Å². The number of hydrogen-bond donors (Lipinski definition) is 1. The van der Waals surface area contributed by atoms with E-state index in [1.165, 1.54) is 12.1 Å². The van der Waals surface area contributed by atoms with Crippen LogP contribution in [0.4, 0.5) is 4.39 Å². The topological polar surface area (TPSA) is 46.2 Å². The molecule has 2 aliphatic rings. The molecule has 3 nitrogen and oxygen atoms in total. The number of nitrogens with one attached hydrogen (secondary N) is 1. The smallest absolute Gasteiger partial charge is 0.225 e. The Morgan fingerprint density at radius 2 is 1.73 bits per heavy atom. The lowest BCUT2D eigenvalue weighted by molar-refractivity contribution is -0.122. The van der Waals surface area contributed by atoms with Crippen molar-refractivity contribution < 1.29 is 14.0 Å². The third-order valence-electron chi connectivity index (χ3n) is 5.32. The van der Waals surface area contributed by atoms with E-state index in [4.69, 9.17) is 0 Å². The lowest BCUT2D eigenvalue weighted by Crippen LogP contribution is -2.38. The molecule has 0 bridgehead atoms. The van der Waals surface area contributed by atoms with E-state index in [-0.39, 0.29) is 29.3 Å². The average Bonchev–Trinajstić information content (AvgIpc) is 2.61. The summed E-state index contributed by atoms with van der Waals surface area (Å²) >= 11 is 0. The zero-order valence-electron chi connectivity index (χ0n) is 14.6. The second kappa shape index (κ2) is 6.52. The van der Waals surface area contributed by atoms with Gasteiger partial charge >= 0.3 is 0 Å². The zero-order valence-corrected chi connectivity index (χ0v) is 14.6. The molecule has 0 saturated heterocycles. The SMILES string of the molecule is Cc1cccc([C@@H]2CC(=O)NC3=C2C(=O)C[C@@H](c2ccc(F)cc2)C3)c1. The van der Waals surface area contributed by atoms with Crippen molar-refractivity contribution in [2.75, 3.05) is 0 Å². The van der Waals surface area contributed by atoms with E-state index < -0.39 is 0 Å². The number of hydrogen-bond acceptors (Lipinski definition) is 2. The molecule has 0 unspecified atom stereocenters. The Bertz CT molecular complexity index is 914. The molecular formula is C22H20FNO2. The minimum absolute atomic E-state index is 0.0293. The first-order chi connectivity index (χ1) is 12.5. The molecule has 0 saturated carbocycles. The van der Waals surface area contributed by atoms with Crippen LogP contribution in [0.3, 0.4) is 0 Å². The van der Waals surface area contributed by atoms with E-state index in [9.17, 15) is 14.0 Å². The van der Waals surface area contributed by atoms with E-state index in [0.29, 0.717) is 19.3 Å². The van der Waals surface area contributed by atoms with Gasteiger partial charge in [0, 0.05) is 30.0 Å². The van der Waals surface area contributed by atoms with Crippen molar-refractivity contribution in [3.8, 4) is 0 Å². The first kappa shape index (κ1) is 16.7. The molecule has 1 amide bonds. The summed E-state index contributed by atoms with van der Waals surface area (Å²) in [4.78, 5) is 25.2. The first-order valence-electron chi connectivity index (χ1n) is 8.89. The van der Waals surface area contributed by atoms with E-state index in [0.717, 1.165) is 28.0 Å². The van der Waals surface area contributed by atoms with Gasteiger partial charge in [0.1, 0.15) is 5.82 Å². The van der Waals surface area contributed by atoms with Crippen LogP contribution in [-0.2, 0) is 9.59 Å². The Morgan fingerprint density at radius 1 is 0.962 bits per heavy atom. The molecule has 132 valence electrons. The molecule has 0 fully saturated rings. The van der Waals surface area contributed by atoms with Crippen molar-refractivity contribution in [2.24, 2.45) is 0 Å². The van der Waals surface area contributed by atoms with Crippen LogP contribution in [0.15, 0.2) is 59.8 Å². The van der Waals surface area contributed by atoms with Crippen molar-refractivity contribution in [3.05, 3.63) is 82.3 Å². The van der Waals surface area contributed by atoms with Gasteiger partial charge in [-0.05, 0) is 42.5 Å². The summed E-state index contributed by atoms with van der Waals surface area (Å²) < 4.78 is 13.2. The quantitative estimate of drug-likeness (QED) is 0.886. The number of aryl methyl sites for hydroxylation is 1. The Labute approximate surface area is 151 Å². The fourth-order valence-corrected chi connectivity index (χ4v) is 4.10. The highest BCUT2D eigenvalue weighted by Crippen LogP contribution is 2.42. The van der Waals surface area contributed by atoms with Crippen LogP contribution in [0, 0.1) is 12.7 Å². The predicted octanol–water partition coefficient (Wildman–Crippen LogP) is 4.14. The standard InChI is InChI=1S/C22H20FNO2/c1-13-3-2-4-15(9-13)18-12-21(26)24-19-10-16(11-20(25)22(18)19)14-5-7-17(23)8-6-14/h2-9,16,18H,10-12H2,1H3,(H,24,26)/t16-,18-/m0/s1. The van der Waals surface area contributed by atoms with Gasteiger partial charge in [-0.15, -0.1) is 0 Å². The minimum Gasteiger partial charge on any atom is -0.329 e. The molecule has 1 heterocycles. The Kier molecular flexibility index (Phi) is 4.19. The van der Waals surface area contributed by atoms with E-state index in [1.54, 1.807) is 12.1 Å². The lowest BCUT2D eigenvalue weighted by atomic mass is 9.73. The van der Waals surface area contributed by atoms with Gasteiger partial charge in [-0.2, -0.15) is 0 Å². The molecule has 1 aliphatic heterocycles. The average molecular weight is 349 g/mol. The molecule has 2 aromatic rings. The summed E-state index contributed by atoms with van der Waals surface area (Å²) in [7, 11) is 0. The maximum absolute atomic E-state index is 13.2. The Balaban J connectivity index is 1.71. The van der Waals surface area contributed by atoms with E-state index in [2.05, 4.69) is 5.32 Å². The van der Waals surface area contributed by atoms with Crippen LogP contribution in [-0.4, -0.2) is 11.7 Å². The normalized spacial score (nSPS) is 22.8. The number of carbonyl (C=O) groups excluding carboxylic acids is 2. The second-order valence-corrected chi connectivity index (χ2v) is 7.19. The molecule has 0 radical (unpaired) electrons. The van der Waals surface area contributed by atoms with Crippen molar-refractivity contribution in [1.82, 2.24) is 5.32 Å². The number of allylic oxidation sites excluding steroid dienone is 2. The van der Waals surface area contributed by atoms with Crippen molar-refractivity contribution in [3.63, 3.8) is 0 Å². The number of Topliss-reactive ketones (excluding diaryl/α,β-unsaturated/α-hetero) is 1. The fraction of sp³-hybridized carbons (Fsp3) is 0.273. The third kappa shape index (κ3) is 3.07. The summed E-state index contributed by atoms with van der Waals surface area (Å²) in [6.45, 7) is 2.01. The molecule has 0 spiro atoms. The van der Waals surface area contributed by atoms with Crippen LogP contribution in [0.25, 0.3) is 0 Å². The number of carbonyl (C=O) groups is 2. The zero-order chi connectivity index (χ0) is 18.3. The second-order valence-electron chi connectivity index (χ2n) is 7.19. The molecule has 26 heavy (non-hydrogen) atoms. The Morgan fingerprint density at radius 3 is 2.46 bits per heavy atom. The van der Waals surface area contributed by atoms with Crippen LogP contribution in [0.5, 0.6) is 0 Å². The predicted molar refractivity (Wildman–Crippen MR) is 97.1 cm³/mol. The highest BCUT2D eigenvalue weighted by Gasteiger charge is 2.38. The maximum atomic E-state index is 13.2. The fourth-order valence-electron chi connectivity index (χ4n) is 4.10. The van der Waals surface area contributed by atoms with Gasteiger partial charge in [-0.25, -0.2) is 4.39 Å². The van der Waals surface area contributed by atoms with Crippen LogP contribution in [0.2, 0.25) is 0 Å². The number of benzene rings is 2. The summed E-state index contributed by atoms with van der Waals surface area (Å²) in [6.07, 6.45) is 1.29. The maximum Gasteiger partial charge on any atom is 0.225 e. The molecule has 4 heteroatoms. The van der Waals surface area contributed by atoms with Crippen LogP contribution >= 0.6 is 0 Å². The molecule has 1 N–H and O–H groups in total. The highest BCUT2D eigenvalue weighted by molar-refractivity contribution is 6.02. The summed E-state index contributed by atoms with van der Waals surface area (Å²) in [5.41, 5.74) is 4.54.